The van der Waals surface area contributed by atoms with Gasteiger partial charge < -0.3 is 20.1 Å². The molecule has 1 amide bonds. The van der Waals surface area contributed by atoms with Gasteiger partial charge in [0, 0.05) is 18.8 Å². The number of hydrogen-bond donors (Lipinski definition) is 1. The second kappa shape index (κ2) is 5.87. The van der Waals surface area contributed by atoms with Crippen LogP contribution in [0.25, 0.3) is 0 Å². The highest BCUT2D eigenvalue weighted by atomic mass is 16.6. The smallest absolute Gasteiger partial charge is 0.410 e. The van der Waals surface area contributed by atoms with Gasteiger partial charge in [-0.2, -0.15) is 0 Å². The molecule has 0 aromatic heterocycles. The van der Waals surface area contributed by atoms with E-state index in [1.807, 2.05) is 20.8 Å². The van der Waals surface area contributed by atoms with Crippen LogP contribution in [-0.4, -0.2) is 36.2 Å². The van der Waals surface area contributed by atoms with E-state index in [1.54, 1.807) is 17.0 Å². The van der Waals surface area contributed by atoms with Crippen LogP contribution in [0.2, 0.25) is 0 Å². The molecule has 0 unspecified atom stereocenters. The lowest BCUT2D eigenvalue weighted by atomic mass is 9.96. The second-order valence-electron chi connectivity index (χ2n) is 6.35. The van der Waals surface area contributed by atoms with Crippen molar-refractivity contribution >= 4 is 17.7 Å². The lowest BCUT2D eigenvalue weighted by Gasteiger charge is -2.31. The minimum atomic E-state index is -0.523. The average molecular weight is 306 g/mol. The van der Waals surface area contributed by atoms with Crippen LogP contribution in [0.1, 0.15) is 42.3 Å². The van der Waals surface area contributed by atoms with Crippen LogP contribution in [0, 0.1) is 0 Å². The normalized spacial score (nSPS) is 14.3. The number of ether oxygens (including phenoxy) is 2. The molecule has 0 radical (unpaired) electrons. The number of amides is 1. The van der Waals surface area contributed by atoms with Gasteiger partial charge in [0.1, 0.15) is 5.60 Å². The molecule has 120 valence electrons. The molecule has 6 heteroatoms. The van der Waals surface area contributed by atoms with Crippen LogP contribution in [0.5, 0.6) is 0 Å². The van der Waals surface area contributed by atoms with Crippen LogP contribution in [0.15, 0.2) is 12.1 Å². The summed E-state index contributed by atoms with van der Waals surface area (Å²) in [5, 5.41) is 0. The average Bonchev–Trinajstić information content (AvgIpc) is 2.43. The van der Waals surface area contributed by atoms with Crippen LogP contribution < -0.4 is 5.73 Å². The number of anilines is 1. The molecule has 0 spiro atoms. The SMILES string of the molecule is COC(=O)c1cc2c(cc1N)CN(C(=O)OC(C)(C)C)CC2. The first-order valence-electron chi connectivity index (χ1n) is 7.19. The van der Waals surface area contributed by atoms with Crippen molar-refractivity contribution in [2.24, 2.45) is 0 Å². The van der Waals surface area contributed by atoms with Gasteiger partial charge in [0.25, 0.3) is 0 Å². The number of hydrogen-bond acceptors (Lipinski definition) is 5. The fraction of sp³-hybridized carbons (Fsp3) is 0.500. The van der Waals surface area contributed by atoms with Gasteiger partial charge in [-0.1, -0.05) is 0 Å². The predicted octanol–water partition coefficient (Wildman–Crippen LogP) is 2.35. The highest BCUT2D eigenvalue weighted by Gasteiger charge is 2.27. The minimum Gasteiger partial charge on any atom is -0.465 e. The van der Waals surface area contributed by atoms with E-state index in [-0.39, 0.29) is 6.09 Å². The standard InChI is InChI=1S/C16H22N2O4/c1-16(2,3)22-15(20)18-6-5-10-7-12(14(19)21-4)13(17)8-11(10)9-18/h7-8H,5-6,9,17H2,1-4H3. The maximum Gasteiger partial charge on any atom is 0.410 e. The van der Waals surface area contributed by atoms with Crippen molar-refractivity contribution in [3.8, 4) is 0 Å². The molecule has 1 aliphatic heterocycles. The van der Waals surface area contributed by atoms with Gasteiger partial charge >= 0.3 is 12.1 Å². The van der Waals surface area contributed by atoms with Crippen molar-refractivity contribution in [3.05, 3.63) is 28.8 Å². The van der Waals surface area contributed by atoms with Gasteiger partial charge in [0.15, 0.2) is 0 Å². The van der Waals surface area contributed by atoms with E-state index >= 15 is 0 Å². The molecule has 22 heavy (non-hydrogen) atoms. The van der Waals surface area contributed by atoms with Gasteiger partial charge in [-0.3, -0.25) is 0 Å². The molecule has 1 aliphatic rings. The predicted molar refractivity (Wildman–Crippen MR) is 82.5 cm³/mol. The molecule has 0 saturated carbocycles. The first kappa shape index (κ1) is 16.1. The Kier molecular flexibility index (Phi) is 4.30. The number of methoxy groups -OCH3 is 1. The molecular weight excluding hydrogens is 284 g/mol. The van der Waals surface area contributed by atoms with Crippen molar-refractivity contribution in [3.63, 3.8) is 0 Å². The number of esters is 1. The summed E-state index contributed by atoms with van der Waals surface area (Å²) in [5.74, 6) is -0.449. The molecule has 0 bridgehead atoms. The number of nitrogens with two attached hydrogens (primary N) is 1. The highest BCUT2D eigenvalue weighted by molar-refractivity contribution is 5.95. The number of rotatable bonds is 1. The summed E-state index contributed by atoms with van der Waals surface area (Å²) in [6.07, 6.45) is 0.313. The van der Waals surface area contributed by atoms with Gasteiger partial charge in [0.05, 0.1) is 12.7 Å². The Morgan fingerprint density at radius 3 is 2.50 bits per heavy atom. The molecular formula is C16H22N2O4. The van der Waals surface area contributed by atoms with E-state index in [4.69, 9.17) is 15.2 Å². The third-order valence-corrected chi connectivity index (χ3v) is 3.44. The van der Waals surface area contributed by atoms with Crippen LogP contribution in [-0.2, 0) is 22.4 Å². The Bertz CT molecular complexity index is 605. The fourth-order valence-electron chi connectivity index (χ4n) is 2.40. The Morgan fingerprint density at radius 2 is 1.91 bits per heavy atom. The molecule has 1 heterocycles. The second-order valence-corrected chi connectivity index (χ2v) is 6.35. The summed E-state index contributed by atoms with van der Waals surface area (Å²) in [5.41, 5.74) is 8.05. The number of carbonyl (C=O) groups is 2. The van der Waals surface area contributed by atoms with Crippen molar-refractivity contribution in [1.29, 1.82) is 0 Å². The van der Waals surface area contributed by atoms with Crippen LogP contribution in [0.3, 0.4) is 0 Å². The van der Waals surface area contributed by atoms with E-state index < -0.39 is 11.6 Å². The Hall–Kier alpha value is -2.24. The molecule has 2 N–H and O–H groups in total. The number of nitrogen functional groups attached to an aromatic ring is 1. The van der Waals surface area contributed by atoms with Crippen LogP contribution >= 0.6 is 0 Å². The largest absolute Gasteiger partial charge is 0.465 e. The molecule has 0 atom stereocenters. The Morgan fingerprint density at radius 1 is 1.23 bits per heavy atom. The lowest BCUT2D eigenvalue weighted by molar-refractivity contribution is 0.0223. The van der Waals surface area contributed by atoms with E-state index in [0.717, 1.165) is 11.1 Å². The molecule has 0 aliphatic carbocycles. The Balaban J connectivity index is 2.20. The number of benzene rings is 1. The van der Waals surface area contributed by atoms with Gasteiger partial charge in [-0.25, -0.2) is 9.59 Å². The fourth-order valence-corrected chi connectivity index (χ4v) is 2.40. The summed E-state index contributed by atoms with van der Waals surface area (Å²) in [6.45, 7) is 6.48. The van der Waals surface area contributed by atoms with E-state index in [0.29, 0.717) is 30.8 Å². The number of carbonyl (C=O) groups excluding carboxylic acids is 2. The molecule has 1 aromatic rings. The zero-order valence-corrected chi connectivity index (χ0v) is 13.4. The van der Waals surface area contributed by atoms with Crippen molar-refractivity contribution in [2.45, 2.75) is 39.3 Å². The topological polar surface area (TPSA) is 81.9 Å². The maximum atomic E-state index is 12.1. The quantitative estimate of drug-likeness (QED) is 0.636. The summed E-state index contributed by atoms with van der Waals surface area (Å²) < 4.78 is 10.1. The number of fused-ring (bicyclic) bond motifs is 1. The monoisotopic (exact) mass is 306 g/mol. The molecule has 0 saturated heterocycles. The third kappa shape index (κ3) is 3.50. The molecule has 2 rings (SSSR count). The minimum absolute atomic E-state index is 0.339. The maximum absolute atomic E-state index is 12.1. The van der Waals surface area contributed by atoms with E-state index in [2.05, 4.69) is 0 Å². The van der Waals surface area contributed by atoms with E-state index in [9.17, 15) is 9.59 Å². The van der Waals surface area contributed by atoms with Crippen LogP contribution in [0.4, 0.5) is 10.5 Å². The van der Waals surface area contributed by atoms with Crippen molar-refractivity contribution in [2.75, 3.05) is 19.4 Å². The van der Waals surface area contributed by atoms with Crippen molar-refractivity contribution < 1.29 is 19.1 Å². The third-order valence-electron chi connectivity index (χ3n) is 3.44. The highest BCUT2D eigenvalue weighted by Crippen LogP contribution is 2.26. The molecule has 0 fully saturated rings. The molecule has 1 aromatic carbocycles. The van der Waals surface area contributed by atoms with Gasteiger partial charge in [-0.05, 0) is 50.5 Å². The Labute approximate surface area is 130 Å². The summed E-state index contributed by atoms with van der Waals surface area (Å²) in [4.78, 5) is 25.4. The first-order chi connectivity index (χ1) is 10.2. The first-order valence-corrected chi connectivity index (χ1v) is 7.19. The lowest BCUT2D eigenvalue weighted by Crippen LogP contribution is -2.40. The van der Waals surface area contributed by atoms with E-state index in [1.165, 1.54) is 7.11 Å². The van der Waals surface area contributed by atoms with Gasteiger partial charge in [-0.15, -0.1) is 0 Å². The zero-order valence-electron chi connectivity index (χ0n) is 13.4. The van der Waals surface area contributed by atoms with Crippen molar-refractivity contribution in [1.82, 2.24) is 4.90 Å². The zero-order chi connectivity index (χ0) is 16.5. The van der Waals surface area contributed by atoms with Gasteiger partial charge in [0.2, 0.25) is 0 Å². The summed E-state index contributed by atoms with van der Waals surface area (Å²) in [7, 11) is 1.32. The summed E-state index contributed by atoms with van der Waals surface area (Å²) >= 11 is 0. The number of nitrogens with zero attached hydrogens (tertiary/aromatic N) is 1. The molecule has 6 nitrogen and oxygen atoms in total. The summed E-state index contributed by atoms with van der Waals surface area (Å²) in [6, 6.07) is 3.49.